The molecular formula is C13H24F3N3O. The molecule has 1 aliphatic heterocycles. The highest BCUT2D eigenvalue weighted by atomic mass is 19.4. The maximum absolute atomic E-state index is 12.5. The van der Waals surface area contributed by atoms with Crippen LogP contribution in [0.2, 0.25) is 0 Å². The number of nitrogens with one attached hydrogen (secondary N) is 1. The topological polar surface area (TPSA) is 58.4 Å². The van der Waals surface area contributed by atoms with E-state index in [1.165, 1.54) is 0 Å². The minimum Gasteiger partial charge on any atom is -0.368 e. The van der Waals surface area contributed by atoms with E-state index in [2.05, 4.69) is 5.32 Å². The number of primary amides is 1. The molecule has 0 bridgehead atoms. The maximum atomic E-state index is 12.5. The molecule has 1 rings (SSSR count). The number of carbonyl (C=O) groups is 1. The lowest BCUT2D eigenvalue weighted by atomic mass is 9.93. The van der Waals surface area contributed by atoms with Crippen LogP contribution in [0.3, 0.4) is 0 Å². The van der Waals surface area contributed by atoms with Gasteiger partial charge in [-0.1, -0.05) is 0 Å². The van der Waals surface area contributed by atoms with Crippen LogP contribution in [0.4, 0.5) is 13.2 Å². The Morgan fingerprint density at radius 2 is 1.90 bits per heavy atom. The summed E-state index contributed by atoms with van der Waals surface area (Å²) < 4.78 is 37.6. The van der Waals surface area contributed by atoms with Crippen LogP contribution in [0.15, 0.2) is 0 Å². The molecule has 0 aliphatic carbocycles. The number of piperidine rings is 1. The molecule has 0 aromatic carbocycles. The van der Waals surface area contributed by atoms with E-state index in [0.717, 1.165) is 6.42 Å². The third-order valence-corrected chi connectivity index (χ3v) is 4.30. The molecule has 118 valence electrons. The highest BCUT2D eigenvalue weighted by Crippen LogP contribution is 2.34. The summed E-state index contributed by atoms with van der Waals surface area (Å²) in [5.41, 5.74) is 4.58. The lowest BCUT2D eigenvalue weighted by Gasteiger charge is -2.33. The fourth-order valence-electron chi connectivity index (χ4n) is 2.51. The summed E-state index contributed by atoms with van der Waals surface area (Å²) in [5.74, 6) is -1.57. The minimum absolute atomic E-state index is 0.169. The SMILES string of the molecule is CNC(C)(CCCN1CCC(C(F)(F)F)CC1)C(N)=O. The number of hydrogen-bond donors (Lipinski definition) is 2. The predicted octanol–water partition coefficient (Wildman–Crippen LogP) is 1.50. The molecular weight excluding hydrogens is 271 g/mol. The largest absolute Gasteiger partial charge is 0.391 e. The Balaban J connectivity index is 2.30. The van der Waals surface area contributed by atoms with E-state index in [1.807, 2.05) is 4.90 Å². The fourth-order valence-corrected chi connectivity index (χ4v) is 2.51. The molecule has 0 aromatic heterocycles. The Morgan fingerprint density at radius 1 is 1.35 bits per heavy atom. The molecule has 0 saturated carbocycles. The normalized spacial score (nSPS) is 21.6. The summed E-state index contributed by atoms with van der Waals surface area (Å²) in [4.78, 5) is 13.3. The maximum Gasteiger partial charge on any atom is 0.391 e. The second-order valence-corrected chi connectivity index (χ2v) is 5.71. The van der Waals surface area contributed by atoms with Gasteiger partial charge in [-0.2, -0.15) is 13.2 Å². The molecule has 1 heterocycles. The number of hydrogen-bond acceptors (Lipinski definition) is 3. The van der Waals surface area contributed by atoms with Crippen LogP contribution < -0.4 is 11.1 Å². The summed E-state index contributed by atoms with van der Waals surface area (Å²) in [6.07, 6.45) is -2.41. The van der Waals surface area contributed by atoms with E-state index >= 15 is 0 Å². The number of alkyl halides is 3. The van der Waals surface area contributed by atoms with E-state index in [1.54, 1.807) is 14.0 Å². The van der Waals surface area contributed by atoms with E-state index in [9.17, 15) is 18.0 Å². The monoisotopic (exact) mass is 295 g/mol. The van der Waals surface area contributed by atoms with Crippen molar-refractivity contribution < 1.29 is 18.0 Å². The third kappa shape index (κ3) is 4.63. The van der Waals surface area contributed by atoms with Crippen molar-refractivity contribution in [1.82, 2.24) is 10.2 Å². The quantitative estimate of drug-likeness (QED) is 0.781. The van der Waals surface area contributed by atoms with Gasteiger partial charge in [-0.15, -0.1) is 0 Å². The Kier molecular flexibility index (Phi) is 5.82. The van der Waals surface area contributed by atoms with Crippen LogP contribution in [0.25, 0.3) is 0 Å². The average Bonchev–Trinajstić information content (AvgIpc) is 2.37. The van der Waals surface area contributed by atoms with Gasteiger partial charge in [0.05, 0.1) is 11.5 Å². The van der Waals surface area contributed by atoms with Crippen molar-refractivity contribution in [1.29, 1.82) is 0 Å². The third-order valence-electron chi connectivity index (χ3n) is 4.30. The standard InChI is InChI=1S/C13H24F3N3O/c1-12(18-2,11(17)20)6-3-7-19-8-4-10(5-9-19)13(14,15)16/h10,18H,3-9H2,1-2H3,(H2,17,20). The van der Waals surface area contributed by atoms with Crippen LogP contribution in [0.1, 0.15) is 32.6 Å². The Hall–Kier alpha value is -0.820. The molecule has 7 heteroatoms. The molecule has 20 heavy (non-hydrogen) atoms. The van der Waals surface area contributed by atoms with E-state index < -0.39 is 23.5 Å². The van der Waals surface area contributed by atoms with Crippen molar-refractivity contribution in [3.8, 4) is 0 Å². The molecule has 1 saturated heterocycles. The lowest BCUT2D eigenvalue weighted by Crippen LogP contribution is -2.51. The van der Waals surface area contributed by atoms with Gasteiger partial charge in [0.1, 0.15) is 0 Å². The van der Waals surface area contributed by atoms with Crippen molar-refractivity contribution in [3.63, 3.8) is 0 Å². The summed E-state index contributed by atoms with van der Waals surface area (Å²) >= 11 is 0. The Morgan fingerprint density at radius 3 is 2.30 bits per heavy atom. The summed E-state index contributed by atoms with van der Waals surface area (Å²) in [7, 11) is 1.68. The first kappa shape index (κ1) is 17.2. The van der Waals surface area contributed by atoms with Crippen molar-refractivity contribution in [2.24, 2.45) is 11.7 Å². The molecule has 3 N–H and O–H groups in total. The van der Waals surface area contributed by atoms with Crippen LogP contribution >= 0.6 is 0 Å². The lowest BCUT2D eigenvalue weighted by molar-refractivity contribution is -0.185. The van der Waals surface area contributed by atoms with E-state index in [0.29, 0.717) is 26.1 Å². The number of rotatable bonds is 6. The molecule has 1 aliphatic rings. The Labute approximate surface area is 117 Å². The van der Waals surface area contributed by atoms with Crippen molar-refractivity contribution >= 4 is 5.91 Å². The molecule has 4 nitrogen and oxygen atoms in total. The molecule has 1 atom stereocenters. The van der Waals surface area contributed by atoms with E-state index in [4.69, 9.17) is 5.73 Å². The van der Waals surface area contributed by atoms with Gasteiger partial charge in [0.25, 0.3) is 0 Å². The number of likely N-dealkylation sites (N-methyl/N-ethyl adjacent to an activating group) is 1. The zero-order chi connectivity index (χ0) is 15.4. The number of amides is 1. The Bertz CT molecular complexity index is 327. The first-order valence-corrected chi connectivity index (χ1v) is 6.97. The molecule has 0 aromatic rings. The number of nitrogens with two attached hydrogens (primary N) is 1. The van der Waals surface area contributed by atoms with Gasteiger partial charge in [0.2, 0.25) is 5.91 Å². The number of likely N-dealkylation sites (tertiary alicyclic amines) is 1. The summed E-state index contributed by atoms with van der Waals surface area (Å²) in [5, 5.41) is 2.90. The number of halogens is 3. The van der Waals surface area contributed by atoms with Gasteiger partial charge in [-0.3, -0.25) is 4.79 Å². The van der Waals surface area contributed by atoms with Crippen LogP contribution in [0.5, 0.6) is 0 Å². The van der Waals surface area contributed by atoms with Gasteiger partial charge in [-0.25, -0.2) is 0 Å². The second kappa shape index (κ2) is 6.76. The van der Waals surface area contributed by atoms with Gasteiger partial charge in [0.15, 0.2) is 0 Å². The van der Waals surface area contributed by atoms with Gasteiger partial charge in [0, 0.05) is 0 Å². The zero-order valence-electron chi connectivity index (χ0n) is 12.1. The second-order valence-electron chi connectivity index (χ2n) is 5.71. The van der Waals surface area contributed by atoms with Crippen molar-refractivity contribution in [2.75, 3.05) is 26.7 Å². The van der Waals surface area contributed by atoms with Crippen molar-refractivity contribution in [3.05, 3.63) is 0 Å². The first-order chi connectivity index (χ1) is 9.19. The number of nitrogens with zero attached hydrogens (tertiary/aromatic N) is 1. The summed E-state index contributed by atoms with van der Waals surface area (Å²) in [6.45, 7) is 3.38. The first-order valence-electron chi connectivity index (χ1n) is 6.97. The molecule has 1 amide bonds. The molecule has 1 unspecified atom stereocenters. The van der Waals surface area contributed by atoms with Crippen molar-refractivity contribution in [2.45, 2.75) is 44.3 Å². The number of carbonyl (C=O) groups excluding carboxylic acids is 1. The highest BCUT2D eigenvalue weighted by Gasteiger charge is 2.41. The van der Waals surface area contributed by atoms with Crippen LogP contribution in [-0.4, -0.2) is 49.2 Å². The summed E-state index contributed by atoms with van der Waals surface area (Å²) in [6, 6.07) is 0. The van der Waals surface area contributed by atoms with Crippen LogP contribution in [-0.2, 0) is 4.79 Å². The van der Waals surface area contributed by atoms with Gasteiger partial charge in [-0.05, 0) is 59.3 Å². The zero-order valence-corrected chi connectivity index (χ0v) is 12.1. The fraction of sp³-hybridized carbons (Fsp3) is 0.923. The van der Waals surface area contributed by atoms with Gasteiger partial charge >= 0.3 is 6.18 Å². The highest BCUT2D eigenvalue weighted by molar-refractivity contribution is 5.84. The molecule has 1 fully saturated rings. The average molecular weight is 295 g/mol. The molecule has 0 radical (unpaired) electrons. The molecule has 0 spiro atoms. The van der Waals surface area contributed by atoms with E-state index in [-0.39, 0.29) is 12.8 Å². The smallest absolute Gasteiger partial charge is 0.368 e. The minimum atomic E-state index is -4.07. The predicted molar refractivity (Wildman–Crippen MR) is 71.1 cm³/mol. The van der Waals surface area contributed by atoms with Crippen LogP contribution in [0, 0.1) is 5.92 Å². The van der Waals surface area contributed by atoms with Gasteiger partial charge < -0.3 is 16.0 Å².